The van der Waals surface area contributed by atoms with Crippen LogP contribution in [-0.4, -0.2) is 36.1 Å². The minimum absolute atomic E-state index is 0.00171. The van der Waals surface area contributed by atoms with Crippen molar-refractivity contribution in [1.29, 1.82) is 0 Å². The van der Waals surface area contributed by atoms with E-state index in [1.54, 1.807) is 24.3 Å². The summed E-state index contributed by atoms with van der Waals surface area (Å²) in [5, 5.41) is 12.3. The summed E-state index contributed by atoms with van der Waals surface area (Å²) in [7, 11) is 0. The van der Waals surface area contributed by atoms with Crippen molar-refractivity contribution in [2.45, 2.75) is 26.3 Å². The SMILES string of the molecule is CCC(C)NC(=O)CN(CC(=O)O)c1ccc(Cl)cc1. The van der Waals surface area contributed by atoms with E-state index in [-0.39, 0.29) is 25.0 Å². The molecule has 1 amide bonds. The summed E-state index contributed by atoms with van der Waals surface area (Å²) in [5.74, 6) is -1.19. The zero-order chi connectivity index (χ0) is 15.1. The monoisotopic (exact) mass is 298 g/mol. The maximum absolute atomic E-state index is 11.9. The van der Waals surface area contributed by atoms with Gasteiger partial charge in [-0.3, -0.25) is 9.59 Å². The highest BCUT2D eigenvalue weighted by atomic mass is 35.5. The number of carbonyl (C=O) groups is 2. The topological polar surface area (TPSA) is 69.6 Å². The number of nitrogens with zero attached hydrogens (tertiary/aromatic N) is 1. The second-order valence-electron chi connectivity index (χ2n) is 4.60. The van der Waals surface area contributed by atoms with Gasteiger partial charge in [0.15, 0.2) is 0 Å². The first kappa shape index (κ1) is 16.3. The van der Waals surface area contributed by atoms with Crippen molar-refractivity contribution in [3.05, 3.63) is 29.3 Å². The minimum Gasteiger partial charge on any atom is -0.480 e. The molecule has 1 unspecified atom stereocenters. The largest absolute Gasteiger partial charge is 0.480 e. The van der Waals surface area contributed by atoms with Crippen LogP contribution in [0.3, 0.4) is 0 Å². The molecule has 0 spiro atoms. The predicted molar refractivity (Wildman–Crippen MR) is 79.2 cm³/mol. The molecule has 110 valence electrons. The summed E-state index contributed by atoms with van der Waals surface area (Å²) in [6.07, 6.45) is 0.825. The maximum atomic E-state index is 11.9. The van der Waals surface area contributed by atoms with E-state index in [4.69, 9.17) is 16.7 Å². The van der Waals surface area contributed by atoms with Crippen molar-refractivity contribution in [3.63, 3.8) is 0 Å². The van der Waals surface area contributed by atoms with Crippen LogP contribution in [0.5, 0.6) is 0 Å². The lowest BCUT2D eigenvalue weighted by molar-refractivity contribution is -0.135. The standard InChI is InChI=1S/C14H19ClN2O3/c1-3-10(2)16-13(18)8-17(9-14(19)20)12-6-4-11(15)5-7-12/h4-7,10H,3,8-9H2,1-2H3,(H,16,18)(H,19,20). The summed E-state index contributed by atoms with van der Waals surface area (Å²) in [6, 6.07) is 6.79. The molecule has 0 aromatic heterocycles. The third-order valence-corrected chi connectivity index (χ3v) is 3.12. The molecular formula is C14H19ClN2O3. The first-order chi connectivity index (χ1) is 9.42. The molecule has 2 N–H and O–H groups in total. The van der Waals surface area contributed by atoms with Crippen molar-refractivity contribution in [2.24, 2.45) is 0 Å². The van der Waals surface area contributed by atoms with Gasteiger partial charge in [0.05, 0.1) is 6.54 Å². The molecule has 0 heterocycles. The molecule has 6 heteroatoms. The number of anilines is 1. The quantitative estimate of drug-likeness (QED) is 0.809. The Bertz CT molecular complexity index is 462. The van der Waals surface area contributed by atoms with E-state index in [0.717, 1.165) is 6.42 Å². The Morgan fingerprint density at radius 2 is 1.90 bits per heavy atom. The van der Waals surface area contributed by atoms with Gasteiger partial charge >= 0.3 is 5.97 Å². The zero-order valence-electron chi connectivity index (χ0n) is 11.6. The Labute approximate surface area is 123 Å². The van der Waals surface area contributed by atoms with Crippen LogP contribution in [0, 0.1) is 0 Å². The molecule has 0 bridgehead atoms. The Morgan fingerprint density at radius 3 is 2.40 bits per heavy atom. The molecule has 0 saturated carbocycles. The molecule has 20 heavy (non-hydrogen) atoms. The smallest absolute Gasteiger partial charge is 0.323 e. The van der Waals surface area contributed by atoms with Gasteiger partial charge in [0.25, 0.3) is 0 Å². The molecular weight excluding hydrogens is 280 g/mol. The number of carboxylic acids is 1. The van der Waals surface area contributed by atoms with Crippen molar-refractivity contribution in [2.75, 3.05) is 18.0 Å². The van der Waals surface area contributed by atoms with E-state index in [0.29, 0.717) is 10.7 Å². The van der Waals surface area contributed by atoms with E-state index < -0.39 is 5.97 Å². The maximum Gasteiger partial charge on any atom is 0.323 e. The molecule has 1 rings (SSSR count). The first-order valence-corrected chi connectivity index (χ1v) is 6.81. The summed E-state index contributed by atoms with van der Waals surface area (Å²) >= 11 is 5.80. The van der Waals surface area contributed by atoms with Crippen LogP contribution in [0.15, 0.2) is 24.3 Å². The third-order valence-electron chi connectivity index (χ3n) is 2.87. The van der Waals surface area contributed by atoms with E-state index in [2.05, 4.69) is 5.32 Å². The van der Waals surface area contributed by atoms with Crippen molar-refractivity contribution in [1.82, 2.24) is 5.32 Å². The van der Waals surface area contributed by atoms with Crippen molar-refractivity contribution < 1.29 is 14.7 Å². The van der Waals surface area contributed by atoms with Gasteiger partial charge in [0.1, 0.15) is 6.54 Å². The minimum atomic E-state index is -0.990. The molecule has 1 atom stereocenters. The summed E-state index contributed by atoms with van der Waals surface area (Å²) in [5.41, 5.74) is 0.649. The number of hydrogen-bond donors (Lipinski definition) is 2. The van der Waals surface area contributed by atoms with E-state index in [1.165, 1.54) is 4.90 Å². The van der Waals surface area contributed by atoms with Gasteiger partial charge in [0, 0.05) is 16.8 Å². The Balaban J connectivity index is 2.76. The number of benzene rings is 1. The van der Waals surface area contributed by atoms with Crippen LogP contribution < -0.4 is 10.2 Å². The van der Waals surface area contributed by atoms with Gasteiger partial charge < -0.3 is 15.3 Å². The molecule has 0 aliphatic rings. The normalized spacial score (nSPS) is 11.8. The average molecular weight is 299 g/mol. The molecule has 0 aliphatic carbocycles. The van der Waals surface area contributed by atoms with Crippen molar-refractivity contribution >= 4 is 29.2 Å². The molecule has 0 fully saturated rings. The van der Waals surface area contributed by atoms with Gasteiger partial charge in [0.2, 0.25) is 5.91 Å². The highest BCUT2D eigenvalue weighted by Gasteiger charge is 2.15. The fourth-order valence-electron chi connectivity index (χ4n) is 1.65. The Morgan fingerprint density at radius 1 is 1.30 bits per heavy atom. The van der Waals surface area contributed by atoms with Crippen LogP contribution in [0.2, 0.25) is 5.02 Å². The fourth-order valence-corrected chi connectivity index (χ4v) is 1.78. The van der Waals surface area contributed by atoms with Crippen LogP contribution in [0.25, 0.3) is 0 Å². The number of amides is 1. The molecule has 1 aromatic carbocycles. The second kappa shape index (κ2) is 7.75. The van der Waals surface area contributed by atoms with Crippen LogP contribution in [-0.2, 0) is 9.59 Å². The van der Waals surface area contributed by atoms with E-state index >= 15 is 0 Å². The second-order valence-corrected chi connectivity index (χ2v) is 5.04. The van der Waals surface area contributed by atoms with Crippen LogP contribution in [0.4, 0.5) is 5.69 Å². The molecule has 1 aromatic rings. The zero-order valence-corrected chi connectivity index (χ0v) is 12.4. The predicted octanol–water partition coefficient (Wildman–Crippen LogP) is 2.15. The molecule has 0 radical (unpaired) electrons. The summed E-state index contributed by atoms with van der Waals surface area (Å²) in [4.78, 5) is 24.3. The van der Waals surface area contributed by atoms with Gasteiger partial charge in [-0.1, -0.05) is 18.5 Å². The average Bonchev–Trinajstić information content (AvgIpc) is 2.38. The van der Waals surface area contributed by atoms with Crippen LogP contribution in [0.1, 0.15) is 20.3 Å². The number of halogens is 1. The summed E-state index contributed by atoms with van der Waals surface area (Å²) in [6.45, 7) is 3.63. The van der Waals surface area contributed by atoms with Crippen LogP contribution >= 0.6 is 11.6 Å². The number of hydrogen-bond acceptors (Lipinski definition) is 3. The van der Waals surface area contributed by atoms with Gasteiger partial charge in [-0.05, 0) is 37.6 Å². The number of aliphatic carboxylic acids is 1. The van der Waals surface area contributed by atoms with E-state index in [9.17, 15) is 9.59 Å². The Hall–Kier alpha value is -1.75. The summed E-state index contributed by atoms with van der Waals surface area (Å²) < 4.78 is 0. The van der Waals surface area contributed by atoms with E-state index in [1.807, 2.05) is 13.8 Å². The Kier molecular flexibility index (Phi) is 6.31. The van der Waals surface area contributed by atoms with Gasteiger partial charge in [-0.15, -0.1) is 0 Å². The molecule has 5 nitrogen and oxygen atoms in total. The molecule has 0 aliphatic heterocycles. The lowest BCUT2D eigenvalue weighted by Gasteiger charge is -2.23. The highest BCUT2D eigenvalue weighted by molar-refractivity contribution is 6.30. The number of rotatable bonds is 7. The number of carbonyl (C=O) groups excluding carboxylic acids is 1. The van der Waals surface area contributed by atoms with Crippen molar-refractivity contribution in [3.8, 4) is 0 Å². The first-order valence-electron chi connectivity index (χ1n) is 6.44. The molecule has 0 saturated heterocycles. The fraction of sp³-hybridized carbons (Fsp3) is 0.429. The lowest BCUT2D eigenvalue weighted by Crippen LogP contribution is -2.42. The third kappa shape index (κ3) is 5.48. The number of carboxylic acid groups (broad SMARTS) is 1. The van der Waals surface area contributed by atoms with Gasteiger partial charge in [-0.2, -0.15) is 0 Å². The number of nitrogens with one attached hydrogen (secondary N) is 1. The highest BCUT2D eigenvalue weighted by Crippen LogP contribution is 2.17. The van der Waals surface area contributed by atoms with Gasteiger partial charge in [-0.25, -0.2) is 0 Å². The lowest BCUT2D eigenvalue weighted by atomic mass is 10.2.